The topological polar surface area (TPSA) is 38.9 Å². The van der Waals surface area contributed by atoms with Crippen LogP contribution < -0.4 is 5.73 Å². The first-order valence-electron chi connectivity index (χ1n) is 3.57. The number of aromatic nitrogens is 1. The van der Waals surface area contributed by atoms with Crippen LogP contribution >= 0.6 is 24.8 Å². The lowest BCUT2D eigenvalue weighted by molar-refractivity contribution is 0.712. The SMILES string of the molecule is Cl.Cl.N[C@H]1CCc2ncccc21. The van der Waals surface area contributed by atoms with Crippen LogP contribution in [-0.4, -0.2) is 4.98 Å². The summed E-state index contributed by atoms with van der Waals surface area (Å²) in [5.74, 6) is 0. The van der Waals surface area contributed by atoms with Crippen molar-refractivity contribution < 1.29 is 0 Å². The van der Waals surface area contributed by atoms with Crippen molar-refractivity contribution in [3.05, 3.63) is 29.6 Å². The number of pyridine rings is 1. The van der Waals surface area contributed by atoms with E-state index in [1.807, 2.05) is 12.3 Å². The summed E-state index contributed by atoms with van der Waals surface area (Å²) in [6.07, 6.45) is 3.94. The maximum atomic E-state index is 5.81. The third-order valence-corrected chi connectivity index (χ3v) is 2.02. The van der Waals surface area contributed by atoms with E-state index in [2.05, 4.69) is 11.1 Å². The highest BCUT2D eigenvalue weighted by molar-refractivity contribution is 5.85. The van der Waals surface area contributed by atoms with E-state index in [0.717, 1.165) is 12.8 Å². The van der Waals surface area contributed by atoms with Gasteiger partial charge in [0.1, 0.15) is 0 Å². The molecule has 0 fully saturated rings. The maximum Gasteiger partial charge on any atom is 0.0451 e. The molecule has 1 aliphatic rings. The molecule has 1 atom stereocenters. The largest absolute Gasteiger partial charge is 0.324 e. The average Bonchev–Trinajstić information content (AvgIpc) is 2.34. The highest BCUT2D eigenvalue weighted by atomic mass is 35.5. The van der Waals surface area contributed by atoms with E-state index < -0.39 is 0 Å². The quantitative estimate of drug-likeness (QED) is 0.705. The van der Waals surface area contributed by atoms with Crippen LogP contribution in [0.2, 0.25) is 0 Å². The van der Waals surface area contributed by atoms with Crippen molar-refractivity contribution in [1.82, 2.24) is 4.98 Å². The van der Waals surface area contributed by atoms with Gasteiger partial charge in [-0.25, -0.2) is 0 Å². The summed E-state index contributed by atoms with van der Waals surface area (Å²) in [6, 6.07) is 4.26. The molecule has 2 rings (SSSR count). The lowest BCUT2D eigenvalue weighted by atomic mass is 10.2. The zero-order valence-corrected chi connectivity index (χ0v) is 8.20. The van der Waals surface area contributed by atoms with Crippen molar-refractivity contribution in [2.24, 2.45) is 5.73 Å². The summed E-state index contributed by atoms with van der Waals surface area (Å²) >= 11 is 0. The molecule has 0 aromatic carbocycles. The van der Waals surface area contributed by atoms with Crippen molar-refractivity contribution in [2.45, 2.75) is 18.9 Å². The molecule has 4 heteroatoms. The van der Waals surface area contributed by atoms with Gasteiger partial charge in [0.2, 0.25) is 0 Å². The average molecular weight is 207 g/mol. The van der Waals surface area contributed by atoms with Crippen LogP contribution in [0.4, 0.5) is 0 Å². The molecule has 1 aromatic heterocycles. The minimum absolute atomic E-state index is 0. The molecule has 1 heterocycles. The molecule has 0 unspecified atom stereocenters. The number of nitrogens with two attached hydrogens (primary N) is 1. The van der Waals surface area contributed by atoms with Gasteiger partial charge in [0.25, 0.3) is 0 Å². The van der Waals surface area contributed by atoms with Gasteiger partial charge in [-0.05, 0) is 24.5 Å². The van der Waals surface area contributed by atoms with E-state index in [-0.39, 0.29) is 30.9 Å². The molecule has 0 bridgehead atoms. The molecule has 1 aromatic rings. The fourth-order valence-corrected chi connectivity index (χ4v) is 1.44. The number of nitrogens with zero attached hydrogens (tertiary/aromatic N) is 1. The number of hydrogen-bond acceptors (Lipinski definition) is 2. The number of halogens is 2. The van der Waals surface area contributed by atoms with E-state index in [9.17, 15) is 0 Å². The van der Waals surface area contributed by atoms with Crippen LogP contribution in [0.3, 0.4) is 0 Å². The summed E-state index contributed by atoms with van der Waals surface area (Å²) in [6.45, 7) is 0. The molecule has 2 N–H and O–H groups in total. The number of fused-ring (bicyclic) bond motifs is 1. The molecule has 2 nitrogen and oxygen atoms in total. The Kier molecular flexibility index (Phi) is 4.53. The number of aryl methyl sites for hydroxylation is 1. The molecule has 0 spiro atoms. The number of rotatable bonds is 0. The van der Waals surface area contributed by atoms with Gasteiger partial charge < -0.3 is 5.73 Å². The van der Waals surface area contributed by atoms with Crippen LogP contribution in [0.15, 0.2) is 18.3 Å². The van der Waals surface area contributed by atoms with Crippen LogP contribution in [-0.2, 0) is 6.42 Å². The Morgan fingerprint density at radius 2 is 2.17 bits per heavy atom. The summed E-state index contributed by atoms with van der Waals surface area (Å²) in [7, 11) is 0. The molecule has 0 saturated heterocycles. The van der Waals surface area contributed by atoms with Gasteiger partial charge in [-0.3, -0.25) is 4.98 Å². The predicted octanol–water partition coefficient (Wildman–Crippen LogP) is 1.87. The molecule has 68 valence electrons. The first kappa shape index (κ1) is 11.7. The third kappa shape index (κ3) is 1.89. The molecular weight excluding hydrogens is 195 g/mol. The molecule has 1 aliphatic carbocycles. The Bertz CT molecular complexity index is 253. The third-order valence-electron chi connectivity index (χ3n) is 2.02. The summed E-state index contributed by atoms with van der Waals surface area (Å²) in [5.41, 5.74) is 8.23. The first-order chi connectivity index (χ1) is 4.88. The minimum Gasteiger partial charge on any atom is -0.324 e. The second kappa shape index (κ2) is 4.65. The van der Waals surface area contributed by atoms with Gasteiger partial charge >= 0.3 is 0 Å². The van der Waals surface area contributed by atoms with Gasteiger partial charge in [-0.1, -0.05) is 6.07 Å². The molecule has 0 radical (unpaired) electrons. The Labute approximate surface area is 84.4 Å². The second-order valence-electron chi connectivity index (χ2n) is 2.68. The van der Waals surface area contributed by atoms with E-state index in [1.54, 1.807) is 0 Å². The monoisotopic (exact) mass is 206 g/mol. The van der Waals surface area contributed by atoms with Crippen molar-refractivity contribution in [2.75, 3.05) is 0 Å². The van der Waals surface area contributed by atoms with Gasteiger partial charge in [0.05, 0.1) is 0 Å². The first-order valence-corrected chi connectivity index (χ1v) is 3.57. The van der Waals surface area contributed by atoms with Gasteiger partial charge in [-0.15, -0.1) is 24.8 Å². The Morgan fingerprint density at radius 3 is 2.83 bits per heavy atom. The van der Waals surface area contributed by atoms with Gasteiger partial charge in [0.15, 0.2) is 0 Å². The Hall–Kier alpha value is -0.310. The predicted molar refractivity (Wildman–Crippen MR) is 54.0 cm³/mol. The normalized spacial score (nSPS) is 18.9. The fraction of sp³-hybridized carbons (Fsp3) is 0.375. The zero-order chi connectivity index (χ0) is 6.97. The zero-order valence-electron chi connectivity index (χ0n) is 6.56. The second-order valence-corrected chi connectivity index (χ2v) is 2.68. The van der Waals surface area contributed by atoms with Crippen molar-refractivity contribution in [1.29, 1.82) is 0 Å². The summed E-state index contributed by atoms with van der Waals surface area (Å²) < 4.78 is 0. The van der Waals surface area contributed by atoms with Crippen LogP contribution in [0.1, 0.15) is 23.7 Å². The standard InChI is InChI=1S/C8H10N2.2ClH/c9-7-3-4-8-6(7)2-1-5-10-8;;/h1-2,5,7H,3-4,9H2;2*1H/t7-;;/m0../s1. The highest BCUT2D eigenvalue weighted by Crippen LogP contribution is 2.26. The lowest BCUT2D eigenvalue weighted by Crippen LogP contribution is -2.04. The van der Waals surface area contributed by atoms with E-state index >= 15 is 0 Å². The number of hydrogen-bond donors (Lipinski definition) is 1. The Balaban J connectivity index is 0.000000605. The summed E-state index contributed by atoms with van der Waals surface area (Å²) in [5, 5.41) is 0. The van der Waals surface area contributed by atoms with E-state index in [0.29, 0.717) is 0 Å². The molecular formula is C8H12Cl2N2. The van der Waals surface area contributed by atoms with Crippen LogP contribution in [0, 0.1) is 0 Å². The smallest absolute Gasteiger partial charge is 0.0451 e. The Morgan fingerprint density at radius 1 is 1.42 bits per heavy atom. The van der Waals surface area contributed by atoms with Crippen LogP contribution in [0.25, 0.3) is 0 Å². The molecule has 0 amide bonds. The van der Waals surface area contributed by atoms with Crippen molar-refractivity contribution >= 4 is 24.8 Å². The molecule has 12 heavy (non-hydrogen) atoms. The van der Waals surface area contributed by atoms with Crippen molar-refractivity contribution in [3.8, 4) is 0 Å². The van der Waals surface area contributed by atoms with Crippen molar-refractivity contribution in [3.63, 3.8) is 0 Å². The summed E-state index contributed by atoms with van der Waals surface area (Å²) in [4.78, 5) is 4.23. The lowest BCUT2D eigenvalue weighted by Gasteiger charge is -2.00. The molecule has 0 saturated carbocycles. The van der Waals surface area contributed by atoms with Gasteiger partial charge in [-0.2, -0.15) is 0 Å². The van der Waals surface area contributed by atoms with E-state index in [4.69, 9.17) is 5.73 Å². The van der Waals surface area contributed by atoms with E-state index in [1.165, 1.54) is 11.3 Å². The maximum absolute atomic E-state index is 5.81. The van der Waals surface area contributed by atoms with Crippen LogP contribution in [0.5, 0.6) is 0 Å². The fourth-order valence-electron chi connectivity index (χ4n) is 1.44. The van der Waals surface area contributed by atoms with Gasteiger partial charge in [0, 0.05) is 17.9 Å². The molecule has 0 aliphatic heterocycles. The highest BCUT2D eigenvalue weighted by Gasteiger charge is 2.18. The minimum atomic E-state index is 0.